The van der Waals surface area contributed by atoms with Crippen LogP contribution in [-0.4, -0.2) is 34.6 Å². The molecule has 2 aromatic carbocycles. The van der Waals surface area contributed by atoms with Crippen LogP contribution in [0.15, 0.2) is 60.0 Å². The molecule has 3 atom stereocenters. The number of nitrogens with two attached hydrogens (primary N) is 1. The molecule has 7 nitrogen and oxygen atoms in total. The molecule has 0 aliphatic carbocycles. The summed E-state index contributed by atoms with van der Waals surface area (Å²) >= 11 is 0. The van der Waals surface area contributed by atoms with E-state index in [0.717, 1.165) is 30.5 Å². The first-order valence-electron chi connectivity index (χ1n) is 11.0. The van der Waals surface area contributed by atoms with Crippen molar-refractivity contribution in [1.29, 1.82) is 0 Å². The quantitative estimate of drug-likeness (QED) is 0.174. The smallest absolute Gasteiger partial charge is 0.147 e. The second-order valence-corrected chi connectivity index (χ2v) is 8.27. The molecule has 188 valence electrons. The Morgan fingerprint density at radius 1 is 1.03 bits per heavy atom. The summed E-state index contributed by atoms with van der Waals surface area (Å²) in [4.78, 5) is 20.0. The van der Waals surface area contributed by atoms with Gasteiger partial charge in [-0.1, -0.05) is 17.2 Å². The topological polar surface area (TPSA) is 125 Å². The molecule has 3 rings (SSSR count). The molecule has 0 amide bonds. The number of nitrogens with zero attached hydrogens (tertiary/aromatic N) is 4. The molecule has 0 spiro atoms. The number of hydrogen-bond acceptors (Lipinski definition) is 5. The van der Waals surface area contributed by atoms with Crippen molar-refractivity contribution < 1.29 is 27.5 Å². The Labute approximate surface area is 204 Å². The minimum atomic E-state index is -1.50. The zero-order valence-electron chi connectivity index (χ0n) is 19.0. The third-order valence-corrected chi connectivity index (χ3v) is 5.75. The molecular weight excluding hydrogens is 478 g/mol. The highest BCUT2D eigenvalue weighted by Gasteiger charge is 2.31. The third-order valence-electron chi connectivity index (χ3n) is 5.75. The van der Waals surface area contributed by atoms with Gasteiger partial charge in [-0.2, -0.15) is 0 Å². The van der Waals surface area contributed by atoms with Gasteiger partial charge in [-0.25, -0.2) is 17.6 Å². The van der Waals surface area contributed by atoms with E-state index < -0.39 is 53.5 Å². The van der Waals surface area contributed by atoms with Gasteiger partial charge in [0, 0.05) is 35.6 Å². The third kappa shape index (κ3) is 6.66. The maximum atomic E-state index is 14.5. The molecule has 0 saturated heterocycles. The van der Waals surface area contributed by atoms with Crippen molar-refractivity contribution >= 4 is 5.78 Å². The van der Waals surface area contributed by atoms with Gasteiger partial charge in [0.25, 0.3) is 0 Å². The Morgan fingerprint density at radius 2 is 1.69 bits per heavy atom. The number of aliphatic hydroxyl groups is 1. The molecule has 3 N–H and O–H groups in total. The van der Waals surface area contributed by atoms with E-state index in [1.807, 2.05) is 0 Å². The number of aliphatic hydroxyl groups excluding tert-OH is 1. The molecule has 1 heterocycles. The second kappa shape index (κ2) is 12.3. The average molecular weight is 501 g/mol. The molecule has 0 saturated carbocycles. The predicted molar refractivity (Wildman–Crippen MR) is 124 cm³/mol. The number of ketones is 1. The van der Waals surface area contributed by atoms with Crippen molar-refractivity contribution in [1.82, 2.24) is 4.98 Å². The average Bonchev–Trinajstić information content (AvgIpc) is 2.83. The first-order valence-corrected chi connectivity index (χ1v) is 11.0. The normalized spacial score (nSPS) is 13.5. The molecule has 0 radical (unpaired) electrons. The van der Waals surface area contributed by atoms with E-state index in [4.69, 9.17) is 10.8 Å². The fourth-order valence-electron chi connectivity index (χ4n) is 4.00. The molecule has 3 aromatic rings. The van der Waals surface area contributed by atoms with Gasteiger partial charge in [-0.05, 0) is 64.9 Å². The fraction of sp³-hybridized carbons (Fsp3) is 0.280. The lowest BCUT2D eigenvalue weighted by Gasteiger charge is -2.24. The number of benzene rings is 2. The van der Waals surface area contributed by atoms with Gasteiger partial charge in [0.1, 0.15) is 35.1 Å². The van der Waals surface area contributed by atoms with Crippen LogP contribution in [0.4, 0.5) is 17.6 Å². The van der Waals surface area contributed by atoms with Gasteiger partial charge in [0.2, 0.25) is 0 Å². The highest BCUT2D eigenvalue weighted by Crippen LogP contribution is 2.33. The first kappa shape index (κ1) is 26.8. The number of rotatable bonds is 11. The summed E-state index contributed by atoms with van der Waals surface area (Å²) in [5.41, 5.74) is 15.6. The summed E-state index contributed by atoms with van der Waals surface area (Å²) < 4.78 is 56.3. The second-order valence-electron chi connectivity index (χ2n) is 8.27. The molecule has 0 fully saturated rings. The molecule has 1 unspecified atom stereocenters. The lowest BCUT2D eigenvalue weighted by molar-refractivity contribution is -0.119. The van der Waals surface area contributed by atoms with E-state index in [1.165, 1.54) is 18.3 Å². The highest BCUT2D eigenvalue weighted by molar-refractivity contribution is 5.88. The zero-order valence-corrected chi connectivity index (χ0v) is 19.0. The van der Waals surface area contributed by atoms with Crippen molar-refractivity contribution in [3.63, 3.8) is 0 Å². The van der Waals surface area contributed by atoms with E-state index in [1.54, 1.807) is 0 Å². The van der Waals surface area contributed by atoms with Gasteiger partial charge >= 0.3 is 0 Å². The fourth-order valence-corrected chi connectivity index (χ4v) is 4.00. The summed E-state index contributed by atoms with van der Waals surface area (Å²) in [6.45, 7) is -0.302. The summed E-state index contributed by atoms with van der Waals surface area (Å²) in [6, 6.07) is 5.40. The van der Waals surface area contributed by atoms with Gasteiger partial charge in [-0.15, -0.1) is 0 Å². The molecular formula is C25H23F4N5O2. The molecule has 11 heteroatoms. The largest absolute Gasteiger partial charge is 0.395 e. The summed E-state index contributed by atoms with van der Waals surface area (Å²) in [6.07, 6.45) is 2.21. The van der Waals surface area contributed by atoms with Crippen molar-refractivity contribution in [3.8, 4) is 0 Å². The number of pyridine rings is 1. The maximum absolute atomic E-state index is 14.5. The number of hydrogen-bond donors (Lipinski definition) is 2. The van der Waals surface area contributed by atoms with Crippen LogP contribution in [-0.2, 0) is 17.6 Å². The Hall–Kier alpha value is -3.79. The van der Waals surface area contributed by atoms with Crippen LogP contribution < -0.4 is 5.73 Å². The highest BCUT2D eigenvalue weighted by atomic mass is 19.1. The van der Waals surface area contributed by atoms with Gasteiger partial charge in [-0.3, -0.25) is 9.78 Å². The lowest BCUT2D eigenvalue weighted by Crippen LogP contribution is -2.29. The zero-order chi connectivity index (χ0) is 26.2. The van der Waals surface area contributed by atoms with Gasteiger partial charge in [0.05, 0.1) is 12.8 Å². The lowest BCUT2D eigenvalue weighted by atomic mass is 9.82. The van der Waals surface area contributed by atoms with Crippen molar-refractivity contribution in [2.75, 3.05) is 6.61 Å². The van der Waals surface area contributed by atoms with E-state index in [0.29, 0.717) is 6.07 Å². The standard InChI is InChI=1S/C25H23F4N5O2/c26-17-3-1-14(2-4-17)24(15-7-18(27)10-19(28)8-15)25(33-34-31)23(36)9-16-11-32-12-22(29)21(16)6-5-20(30)13-35/h1-4,7-8,10-12,20,24-25,35H,5-6,9,13,30H2/t20-,24?,25+/m0/s1. The minimum absolute atomic E-state index is 0.00336. The Balaban J connectivity index is 2.04. The monoisotopic (exact) mass is 501 g/mol. The number of carbonyl (C=O) groups excluding carboxylic acids is 1. The number of Topliss-reactive ketones (excluding diaryl/α,β-unsaturated/α-hetero) is 1. The Morgan fingerprint density at radius 3 is 2.31 bits per heavy atom. The minimum Gasteiger partial charge on any atom is -0.395 e. The number of aromatic nitrogens is 1. The molecule has 0 aliphatic rings. The summed E-state index contributed by atoms with van der Waals surface area (Å²) in [5.74, 6) is -4.92. The molecule has 0 bridgehead atoms. The van der Waals surface area contributed by atoms with Gasteiger partial charge in [0.15, 0.2) is 0 Å². The SMILES string of the molecule is [N-]=[N+]=N[C@H](C(=O)Cc1cncc(F)c1CC[C@H](N)CO)C(c1ccc(F)cc1)c1cc(F)cc(F)c1. The number of halogens is 4. The van der Waals surface area contributed by atoms with Crippen LogP contribution in [0.1, 0.15) is 34.6 Å². The number of azide groups is 1. The number of carbonyl (C=O) groups is 1. The molecule has 36 heavy (non-hydrogen) atoms. The Kier molecular flexibility index (Phi) is 9.13. The Bertz CT molecular complexity index is 1250. The maximum Gasteiger partial charge on any atom is 0.147 e. The van der Waals surface area contributed by atoms with Crippen molar-refractivity contribution in [2.24, 2.45) is 10.8 Å². The van der Waals surface area contributed by atoms with Crippen LogP contribution in [0, 0.1) is 23.3 Å². The van der Waals surface area contributed by atoms with Crippen molar-refractivity contribution in [3.05, 3.63) is 111 Å². The van der Waals surface area contributed by atoms with E-state index in [9.17, 15) is 27.9 Å². The van der Waals surface area contributed by atoms with Crippen LogP contribution in [0.2, 0.25) is 0 Å². The summed E-state index contributed by atoms with van der Waals surface area (Å²) in [7, 11) is 0. The first-order chi connectivity index (χ1) is 17.2. The molecule has 0 aliphatic heterocycles. The van der Waals surface area contributed by atoms with E-state index in [-0.39, 0.29) is 41.7 Å². The summed E-state index contributed by atoms with van der Waals surface area (Å²) in [5, 5.41) is 12.8. The van der Waals surface area contributed by atoms with Gasteiger partial charge < -0.3 is 10.8 Å². The van der Waals surface area contributed by atoms with Crippen LogP contribution >= 0.6 is 0 Å². The van der Waals surface area contributed by atoms with Crippen LogP contribution in [0.5, 0.6) is 0 Å². The van der Waals surface area contributed by atoms with Crippen LogP contribution in [0.3, 0.4) is 0 Å². The van der Waals surface area contributed by atoms with Crippen molar-refractivity contribution in [2.45, 2.75) is 37.3 Å². The van der Waals surface area contributed by atoms with Crippen LogP contribution in [0.25, 0.3) is 10.4 Å². The molecule has 1 aromatic heterocycles. The van der Waals surface area contributed by atoms with E-state index in [2.05, 4.69) is 15.0 Å². The van der Waals surface area contributed by atoms with E-state index >= 15 is 0 Å². The predicted octanol–water partition coefficient (Wildman–Crippen LogP) is 4.51.